The van der Waals surface area contributed by atoms with E-state index in [-0.39, 0.29) is 11.7 Å². The minimum absolute atomic E-state index is 0.0794. The van der Waals surface area contributed by atoms with Crippen molar-refractivity contribution in [3.05, 3.63) is 59.9 Å². The first-order valence-electron chi connectivity index (χ1n) is 9.07. The molecule has 6 nitrogen and oxygen atoms in total. The van der Waals surface area contributed by atoms with Crippen LogP contribution in [0, 0.1) is 6.92 Å². The van der Waals surface area contributed by atoms with Crippen molar-refractivity contribution in [3.63, 3.8) is 0 Å². The van der Waals surface area contributed by atoms with E-state index in [1.807, 2.05) is 60.0 Å². The van der Waals surface area contributed by atoms with E-state index in [9.17, 15) is 4.79 Å². The quantitative estimate of drug-likeness (QED) is 0.598. The zero-order valence-corrected chi connectivity index (χ0v) is 17.3. The van der Waals surface area contributed by atoms with Crippen LogP contribution >= 0.6 is 11.8 Å². The molecule has 1 amide bonds. The Balaban J connectivity index is 1.65. The third-order valence-electron chi connectivity index (χ3n) is 4.32. The number of thioether (sulfide) groups is 1. The predicted molar refractivity (Wildman–Crippen MR) is 113 cm³/mol. The Bertz CT molecular complexity index is 934. The highest BCUT2D eigenvalue weighted by molar-refractivity contribution is 7.99. The number of methoxy groups -OCH3 is 1. The van der Waals surface area contributed by atoms with E-state index in [4.69, 9.17) is 4.74 Å². The number of amides is 1. The van der Waals surface area contributed by atoms with E-state index in [1.165, 1.54) is 17.3 Å². The van der Waals surface area contributed by atoms with Gasteiger partial charge < -0.3 is 10.1 Å². The van der Waals surface area contributed by atoms with E-state index in [0.717, 1.165) is 22.9 Å². The Morgan fingerprint density at radius 2 is 1.79 bits per heavy atom. The maximum atomic E-state index is 12.3. The molecule has 1 aromatic heterocycles. The molecule has 3 rings (SSSR count). The summed E-state index contributed by atoms with van der Waals surface area (Å²) in [5, 5.41) is 12.0. The third-order valence-corrected chi connectivity index (χ3v) is 5.25. The first-order valence-corrected chi connectivity index (χ1v) is 10.1. The molecule has 0 fully saturated rings. The van der Waals surface area contributed by atoms with E-state index in [1.54, 1.807) is 7.11 Å². The fourth-order valence-corrected chi connectivity index (χ4v) is 3.54. The number of benzene rings is 2. The van der Waals surface area contributed by atoms with Gasteiger partial charge in [0.2, 0.25) is 5.91 Å². The third kappa shape index (κ3) is 4.72. The van der Waals surface area contributed by atoms with Crippen LogP contribution in [-0.4, -0.2) is 33.5 Å². The lowest BCUT2D eigenvalue weighted by atomic mass is 10.0. The molecular weight excluding hydrogens is 372 g/mol. The summed E-state index contributed by atoms with van der Waals surface area (Å²) in [4.78, 5) is 12.3. The van der Waals surface area contributed by atoms with E-state index < -0.39 is 0 Å². The topological polar surface area (TPSA) is 69.0 Å². The second kappa shape index (κ2) is 8.93. The Morgan fingerprint density at radius 3 is 2.39 bits per heavy atom. The van der Waals surface area contributed by atoms with Crippen molar-refractivity contribution in [3.8, 4) is 11.4 Å². The molecule has 0 bridgehead atoms. The lowest BCUT2D eigenvalue weighted by Crippen LogP contribution is -2.14. The number of aryl methyl sites for hydroxylation is 1. The standard InChI is InChI=1S/C21H24N4O2S/c1-14(2)16-5-7-17(8-6-16)22-20(26)13-28-21-24-23-15(3)25(21)18-9-11-19(27-4)12-10-18/h5-12,14H,13H2,1-4H3,(H,22,26). The lowest BCUT2D eigenvalue weighted by molar-refractivity contribution is -0.113. The Kier molecular flexibility index (Phi) is 6.36. The van der Waals surface area contributed by atoms with E-state index in [0.29, 0.717) is 11.1 Å². The fraction of sp³-hybridized carbons (Fsp3) is 0.286. The maximum absolute atomic E-state index is 12.3. The summed E-state index contributed by atoms with van der Waals surface area (Å²) in [6, 6.07) is 15.6. The van der Waals surface area contributed by atoms with Gasteiger partial charge in [-0.3, -0.25) is 9.36 Å². The maximum Gasteiger partial charge on any atom is 0.234 e. The number of rotatable bonds is 7. The van der Waals surface area contributed by atoms with Crippen molar-refractivity contribution < 1.29 is 9.53 Å². The van der Waals surface area contributed by atoms with Gasteiger partial charge in [-0.25, -0.2) is 0 Å². The molecule has 7 heteroatoms. The molecule has 0 spiro atoms. The second-order valence-electron chi connectivity index (χ2n) is 6.68. The molecule has 0 aliphatic carbocycles. The number of hydrogen-bond acceptors (Lipinski definition) is 5. The number of carbonyl (C=O) groups is 1. The van der Waals surface area contributed by atoms with Crippen molar-refractivity contribution in [1.29, 1.82) is 0 Å². The van der Waals surface area contributed by atoms with Crippen LogP contribution in [0.15, 0.2) is 53.7 Å². The number of anilines is 1. The normalized spacial score (nSPS) is 10.9. The Hall–Kier alpha value is -2.80. The summed E-state index contributed by atoms with van der Waals surface area (Å²) < 4.78 is 7.13. The molecule has 0 unspecified atom stereocenters. The molecule has 0 aliphatic rings. The van der Waals surface area contributed by atoms with Crippen LogP contribution in [0.3, 0.4) is 0 Å². The van der Waals surface area contributed by atoms with Crippen LogP contribution < -0.4 is 10.1 Å². The zero-order chi connectivity index (χ0) is 20.1. The van der Waals surface area contributed by atoms with Crippen molar-refractivity contribution >= 4 is 23.4 Å². The molecule has 0 aliphatic heterocycles. The fourth-order valence-electron chi connectivity index (χ4n) is 2.74. The van der Waals surface area contributed by atoms with E-state index in [2.05, 4.69) is 29.4 Å². The van der Waals surface area contributed by atoms with Gasteiger partial charge in [0, 0.05) is 11.4 Å². The predicted octanol–water partition coefficient (Wildman–Crippen LogP) is 4.44. The van der Waals surface area contributed by atoms with Crippen LogP contribution in [0.4, 0.5) is 5.69 Å². The van der Waals surface area contributed by atoms with Crippen LogP contribution in [-0.2, 0) is 4.79 Å². The van der Waals surface area contributed by atoms with Gasteiger partial charge in [0.15, 0.2) is 5.16 Å². The molecule has 0 saturated carbocycles. The highest BCUT2D eigenvalue weighted by Crippen LogP contribution is 2.24. The van der Waals surface area contributed by atoms with Crippen molar-refractivity contribution in [1.82, 2.24) is 14.8 Å². The van der Waals surface area contributed by atoms with Crippen molar-refractivity contribution in [2.45, 2.75) is 31.8 Å². The number of ether oxygens (including phenoxy) is 1. The van der Waals surface area contributed by atoms with Crippen LogP contribution in [0.2, 0.25) is 0 Å². The molecule has 0 saturated heterocycles. The summed E-state index contributed by atoms with van der Waals surface area (Å²) in [6.07, 6.45) is 0. The first-order chi connectivity index (χ1) is 13.5. The largest absolute Gasteiger partial charge is 0.497 e. The zero-order valence-electron chi connectivity index (χ0n) is 16.5. The Morgan fingerprint density at radius 1 is 1.11 bits per heavy atom. The van der Waals surface area contributed by atoms with Crippen LogP contribution in [0.5, 0.6) is 5.75 Å². The highest BCUT2D eigenvalue weighted by atomic mass is 32.2. The first kappa shape index (κ1) is 19.9. The SMILES string of the molecule is COc1ccc(-n2c(C)nnc2SCC(=O)Nc2ccc(C(C)C)cc2)cc1. The molecule has 1 N–H and O–H groups in total. The average molecular weight is 397 g/mol. The number of aromatic nitrogens is 3. The van der Waals surface area contributed by atoms with Gasteiger partial charge in [0.25, 0.3) is 0 Å². The molecule has 2 aromatic carbocycles. The minimum Gasteiger partial charge on any atom is -0.497 e. The highest BCUT2D eigenvalue weighted by Gasteiger charge is 2.14. The molecule has 146 valence electrons. The summed E-state index contributed by atoms with van der Waals surface area (Å²) in [5.41, 5.74) is 2.97. The van der Waals surface area contributed by atoms with Crippen molar-refractivity contribution in [2.24, 2.45) is 0 Å². The Labute approximate surface area is 169 Å². The monoisotopic (exact) mass is 396 g/mol. The molecular formula is C21H24N4O2S. The smallest absolute Gasteiger partial charge is 0.234 e. The van der Waals surface area contributed by atoms with Gasteiger partial charge in [-0.05, 0) is 54.8 Å². The summed E-state index contributed by atoms with van der Waals surface area (Å²) in [6.45, 7) is 6.17. The van der Waals surface area contributed by atoms with Crippen LogP contribution in [0.25, 0.3) is 5.69 Å². The van der Waals surface area contributed by atoms with Gasteiger partial charge in [0.1, 0.15) is 11.6 Å². The average Bonchev–Trinajstić information content (AvgIpc) is 3.07. The second-order valence-corrected chi connectivity index (χ2v) is 7.62. The number of nitrogens with zero attached hydrogens (tertiary/aromatic N) is 3. The van der Waals surface area contributed by atoms with Gasteiger partial charge in [-0.1, -0.05) is 37.7 Å². The van der Waals surface area contributed by atoms with Crippen molar-refractivity contribution in [2.75, 3.05) is 18.2 Å². The van der Waals surface area contributed by atoms with Crippen LogP contribution in [0.1, 0.15) is 31.2 Å². The van der Waals surface area contributed by atoms with Gasteiger partial charge in [-0.2, -0.15) is 0 Å². The van der Waals surface area contributed by atoms with Gasteiger partial charge in [-0.15, -0.1) is 10.2 Å². The molecule has 0 atom stereocenters. The molecule has 3 aromatic rings. The van der Waals surface area contributed by atoms with E-state index >= 15 is 0 Å². The summed E-state index contributed by atoms with van der Waals surface area (Å²) in [7, 11) is 1.63. The number of carbonyl (C=O) groups excluding carboxylic acids is 1. The molecule has 28 heavy (non-hydrogen) atoms. The lowest BCUT2D eigenvalue weighted by Gasteiger charge is -2.10. The number of nitrogens with one attached hydrogen (secondary N) is 1. The summed E-state index contributed by atoms with van der Waals surface area (Å²) in [5.74, 6) is 2.18. The minimum atomic E-state index is -0.0794. The summed E-state index contributed by atoms with van der Waals surface area (Å²) >= 11 is 1.35. The van der Waals surface area contributed by atoms with Gasteiger partial charge >= 0.3 is 0 Å². The van der Waals surface area contributed by atoms with Gasteiger partial charge in [0.05, 0.1) is 12.9 Å². The number of hydrogen-bond donors (Lipinski definition) is 1. The molecule has 1 heterocycles. The molecule has 0 radical (unpaired) electrons.